The Hall–Kier alpha value is -1.43. The molecule has 1 aliphatic heterocycles. The van der Waals surface area contributed by atoms with Gasteiger partial charge in [0, 0.05) is 6.21 Å². The third-order valence-corrected chi connectivity index (χ3v) is 1.73. The molecule has 1 heterocycles. The van der Waals surface area contributed by atoms with Gasteiger partial charge in [0.1, 0.15) is 0 Å². The highest BCUT2D eigenvalue weighted by molar-refractivity contribution is 6.13. The van der Waals surface area contributed by atoms with Gasteiger partial charge in [0.2, 0.25) is 0 Å². The van der Waals surface area contributed by atoms with Gasteiger partial charge < -0.3 is 9.84 Å². The van der Waals surface area contributed by atoms with Crippen molar-refractivity contribution in [1.82, 2.24) is 5.01 Å². The molecule has 1 rings (SSSR count). The van der Waals surface area contributed by atoms with E-state index >= 15 is 0 Å². The highest BCUT2D eigenvalue weighted by Crippen LogP contribution is 2.11. The summed E-state index contributed by atoms with van der Waals surface area (Å²) in [6, 6.07) is 0. The zero-order valence-electron chi connectivity index (χ0n) is 7.84. The normalized spacial score (nSPS) is 20.3. The molecule has 0 aliphatic carbocycles. The standard InChI is InChI=1S/C8H12N2O4/c1-2-14-8(13)6-5-9-10(3-4-11)7(6)12/h5-6,11H,2-4H2,1H3. The van der Waals surface area contributed by atoms with Crippen LogP contribution >= 0.6 is 0 Å². The minimum Gasteiger partial charge on any atom is -0.465 e. The highest BCUT2D eigenvalue weighted by Gasteiger charge is 2.34. The smallest absolute Gasteiger partial charge is 0.324 e. The zero-order valence-corrected chi connectivity index (χ0v) is 7.84. The van der Waals surface area contributed by atoms with Crippen molar-refractivity contribution in [3.8, 4) is 0 Å². The predicted octanol–water partition coefficient (Wildman–Crippen LogP) is -1.01. The van der Waals surface area contributed by atoms with Gasteiger partial charge in [-0.1, -0.05) is 0 Å². The van der Waals surface area contributed by atoms with Gasteiger partial charge in [0.15, 0.2) is 5.92 Å². The van der Waals surface area contributed by atoms with Gasteiger partial charge in [0.05, 0.1) is 19.8 Å². The quantitative estimate of drug-likeness (QED) is 0.465. The molecule has 6 nitrogen and oxygen atoms in total. The number of carbonyl (C=O) groups excluding carboxylic acids is 2. The zero-order chi connectivity index (χ0) is 10.6. The van der Waals surface area contributed by atoms with Gasteiger partial charge >= 0.3 is 5.97 Å². The summed E-state index contributed by atoms with van der Waals surface area (Å²) >= 11 is 0. The molecule has 0 saturated carbocycles. The molecular weight excluding hydrogens is 188 g/mol. The summed E-state index contributed by atoms with van der Waals surface area (Å²) in [5.74, 6) is -1.99. The molecule has 0 aromatic rings. The third kappa shape index (κ3) is 2.08. The van der Waals surface area contributed by atoms with Crippen LogP contribution in [0.3, 0.4) is 0 Å². The summed E-state index contributed by atoms with van der Waals surface area (Å²) in [4.78, 5) is 22.6. The average molecular weight is 200 g/mol. The van der Waals surface area contributed by atoms with Gasteiger partial charge in [-0.25, -0.2) is 5.01 Å². The Morgan fingerprint density at radius 3 is 3.07 bits per heavy atom. The number of ether oxygens (including phenoxy) is 1. The number of β-amino-alcohol motifs (C(OH)–C–C–N with tert-alkyl or cyclic N) is 1. The van der Waals surface area contributed by atoms with Crippen LogP contribution in [0.15, 0.2) is 5.10 Å². The molecule has 0 fully saturated rings. The van der Waals surface area contributed by atoms with Crippen LogP contribution in [0, 0.1) is 5.92 Å². The Morgan fingerprint density at radius 2 is 2.50 bits per heavy atom. The fourth-order valence-electron chi connectivity index (χ4n) is 1.08. The summed E-state index contributed by atoms with van der Waals surface area (Å²) in [7, 11) is 0. The molecule has 78 valence electrons. The number of rotatable bonds is 4. The molecule has 0 radical (unpaired) electrons. The molecular formula is C8H12N2O4. The Bertz CT molecular complexity index is 264. The number of amides is 1. The first-order valence-electron chi connectivity index (χ1n) is 4.33. The van der Waals surface area contributed by atoms with Gasteiger partial charge in [0.25, 0.3) is 5.91 Å². The van der Waals surface area contributed by atoms with Gasteiger partial charge in [-0.2, -0.15) is 5.10 Å². The van der Waals surface area contributed by atoms with E-state index in [4.69, 9.17) is 5.11 Å². The van der Waals surface area contributed by atoms with Crippen molar-refractivity contribution >= 4 is 18.1 Å². The topological polar surface area (TPSA) is 79.2 Å². The summed E-state index contributed by atoms with van der Waals surface area (Å²) in [6.07, 6.45) is 1.23. The van der Waals surface area contributed by atoms with Crippen LogP contribution < -0.4 is 0 Å². The highest BCUT2D eigenvalue weighted by atomic mass is 16.5. The van der Waals surface area contributed by atoms with Gasteiger partial charge in [-0.3, -0.25) is 9.59 Å². The third-order valence-electron chi connectivity index (χ3n) is 1.73. The molecule has 1 aliphatic rings. The molecule has 0 bridgehead atoms. The maximum atomic E-state index is 11.4. The number of aliphatic hydroxyl groups is 1. The summed E-state index contributed by atoms with van der Waals surface area (Å²) in [5, 5.41) is 13.3. The van der Waals surface area contributed by atoms with Crippen molar-refractivity contribution < 1.29 is 19.4 Å². The van der Waals surface area contributed by atoms with E-state index in [2.05, 4.69) is 9.84 Å². The van der Waals surface area contributed by atoms with E-state index in [-0.39, 0.29) is 19.8 Å². The van der Waals surface area contributed by atoms with Gasteiger partial charge in [-0.05, 0) is 6.92 Å². The molecule has 6 heteroatoms. The van der Waals surface area contributed by atoms with Crippen molar-refractivity contribution in [2.45, 2.75) is 6.92 Å². The molecule has 1 amide bonds. The molecule has 0 aromatic heterocycles. The van der Waals surface area contributed by atoms with E-state index in [1.54, 1.807) is 6.92 Å². The molecule has 0 spiro atoms. The summed E-state index contributed by atoms with van der Waals surface area (Å²) in [6.45, 7) is 1.82. The van der Waals surface area contributed by atoms with Crippen molar-refractivity contribution in [2.24, 2.45) is 11.0 Å². The number of nitrogens with zero attached hydrogens (tertiary/aromatic N) is 2. The van der Waals surface area contributed by atoms with Crippen LogP contribution in [0.2, 0.25) is 0 Å². The molecule has 1 N–H and O–H groups in total. The Kier molecular flexibility index (Phi) is 3.58. The molecule has 14 heavy (non-hydrogen) atoms. The van der Waals surface area contributed by atoms with Crippen LogP contribution in [0.1, 0.15) is 6.92 Å². The lowest BCUT2D eigenvalue weighted by atomic mass is 10.1. The minimum absolute atomic E-state index is 0.102. The van der Waals surface area contributed by atoms with Crippen molar-refractivity contribution in [1.29, 1.82) is 0 Å². The van der Waals surface area contributed by atoms with Crippen LogP contribution in [-0.2, 0) is 14.3 Å². The van der Waals surface area contributed by atoms with Crippen molar-refractivity contribution in [2.75, 3.05) is 19.8 Å². The first kappa shape index (κ1) is 10.6. The van der Waals surface area contributed by atoms with Crippen molar-refractivity contribution in [3.05, 3.63) is 0 Å². The largest absolute Gasteiger partial charge is 0.465 e. The monoisotopic (exact) mass is 200 g/mol. The first-order chi connectivity index (χ1) is 6.70. The summed E-state index contributed by atoms with van der Waals surface area (Å²) < 4.78 is 4.68. The average Bonchev–Trinajstić information content (AvgIpc) is 2.49. The first-order valence-corrected chi connectivity index (χ1v) is 4.33. The number of hydrogen-bond acceptors (Lipinski definition) is 5. The van der Waals surface area contributed by atoms with Crippen LogP contribution in [0.5, 0.6) is 0 Å². The summed E-state index contributed by atoms with van der Waals surface area (Å²) in [5.41, 5.74) is 0. The minimum atomic E-state index is -0.943. The lowest BCUT2D eigenvalue weighted by Crippen LogP contribution is -2.33. The van der Waals surface area contributed by atoms with Crippen molar-refractivity contribution in [3.63, 3.8) is 0 Å². The molecule has 1 unspecified atom stereocenters. The second-order valence-corrected chi connectivity index (χ2v) is 2.68. The molecule has 0 aromatic carbocycles. The van der Waals surface area contributed by atoms with E-state index < -0.39 is 17.8 Å². The number of carbonyl (C=O) groups is 2. The lowest BCUT2D eigenvalue weighted by molar-refractivity contribution is -0.151. The van der Waals surface area contributed by atoms with E-state index in [9.17, 15) is 9.59 Å². The second-order valence-electron chi connectivity index (χ2n) is 2.68. The Morgan fingerprint density at radius 1 is 1.79 bits per heavy atom. The Labute approximate surface area is 81.1 Å². The SMILES string of the molecule is CCOC(=O)C1C=NN(CCO)C1=O. The maximum Gasteiger partial charge on any atom is 0.324 e. The van der Waals surface area contributed by atoms with E-state index in [0.29, 0.717) is 0 Å². The van der Waals surface area contributed by atoms with Crippen LogP contribution in [0.25, 0.3) is 0 Å². The lowest BCUT2D eigenvalue weighted by Gasteiger charge is -2.11. The van der Waals surface area contributed by atoms with Gasteiger partial charge in [-0.15, -0.1) is 0 Å². The Balaban J connectivity index is 2.56. The number of hydrogen-bond donors (Lipinski definition) is 1. The van der Waals surface area contributed by atoms with Crippen LogP contribution in [-0.4, -0.2) is 48.0 Å². The number of esters is 1. The number of hydrazone groups is 1. The van der Waals surface area contributed by atoms with E-state index in [1.165, 1.54) is 6.21 Å². The van der Waals surface area contributed by atoms with E-state index in [1.807, 2.05) is 0 Å². The fraction of sp³-hybridized carbons (Fsp3) is 0.625. The molecule has 0 saturated heterocycles. The maximum absolute atomic E-state index is 11.4. The van der Waals surface area contributed by atoms with E-state index in [0.717, 1.165) is 5.01 Å². The van der Waals surface area contributed by atoms with Crippen LogP contribution in [0.4, 0.5) is 0 Å². The molecule has 1 atom stereocenters. The second kappa shape index (κ2) is 4.71. The number of aliphatic hydroxyl groups excluding tert-OH is 1. The predicted molar refractivity (Wildman–Crippen MR) is 47.4 cm³/mol. The fourth-order valence-corrected chi connectivity index (χ4v) is 1.08.